The number of oxazole rings is 1. The van der Waals surface area contributed by atoms with Crippen molar-refractivity contribution in [2.45, 2.75) is 12.0 Å². The van der Waals surface area contributed by atoms with Gasteiger partial charge >= 0.3 is 0 Å². The number of aliphatic hydroxyl groups is 1. The van der Waals surface area contributed by atoms with Crippen LogP contribution >= 0.6 is 0 Å². The average Bonchev–Trinajstić information content (AvgIpc) is 3.05. The highest BCUT2D eigenvalue weighted by atomic mass is 16.4. The van der Waals surface area contributed by atoms with Crippen molar-refractivity contribution in [3.8, 4) is 0 Å². The van der Waals surface area contributed by atoms with E-state index >= 15 is 0 Å². The highest BCUT2D eigenvalue weighted by Crippen LogP contribution is 2.36. The van der Waals surface area contributed by atoms with Gasteiger partial charge in [-0.05, 0) is 17.7 Å². The van der Waals surface area contributed by atoms with Crippen LogP contribution in [0.3, 0.4) is 0 Å². The second-order valence-electron chi connectivity index (χ2n) is 5.11. The summed E-state index contributed by atoms with van der Waals surface area (Å²) in [7, 11) is 0. The molecule has 0 radical (unpaired) electrons. The lowest BCUT2D eigenvalue weighted by molar-refractivity contribution is 0.0914. The van der Waals surface area contributed by atoms with E-state index in [1.807, 2.05) is 60.7 Å². The van der Waals surface area contributed by atoms with Crippen LogP contribution in [0.5, 0.6) is 0 Å². The first-order valence-corrected chi connectivity index (χ1v) is 7.24. The zero-order valence-corrected chi connectivity index (χ0v) is 12.1. The third kappa shape index (κ3) is 2.54. The Morgan fingerprint density at radius 1 is 0.955 bits per heavy atom. The summed E-state index contributed by atoms with van der Waals surface area (Å²) in [5, 5.41) is 11.4. The minimum Gasteiger partial charge on any atom is -0.442 e. The van der Waals surface area contributed by atoms with E-state index in [9.17, 15) is 5.11 Å². The van der Waals surface area contributed by atoms with Crippen molar-refractivity contribution in [1.82, 2.24) is 4.98 Å². The van der Waals surface area contributed by atoms with Crippen molar-refractivity contribution in [3.63, 3.8) is 0 Å². The van der Waals surface area contributed by atoms with Crippen LogP contribution in [0.1, 0.15) is 22.8 Å². The number of nitrogens with zero attached hydrogens (tertiary/aromatic N) is 1. The third-order valence-electron chi connectivity index (χ3n) is 3.64. The van der Waals surface area contributed by atoms with Gasteiger partial charge in [0.2, 0.25) is 5.89 Å². The minimum absolute atomic E-state index is 0.258. The van der Waals surface area contributed by atoms with Gasteiger partial charge in [0, 0.05) is 6.42 Å². The summed E-state index contributed by atoms with van der Waals surface area (Å²) in [4.78, 5) is 4.29. The number of aromatic nitrogens is 1. The monoisotopic (exact) mass is 294 g/mol. The summed E-state index contributed by atoms with van der Waals surface area (Å²) in [5.74, 6) is 0.927. The predicted octanol–water partition coefficient (Wildman–Crippen LogP) is 2.46. The first-order valence-electron chi connectivity index (χ1n) is 7.24. The van der Waals surface area contributed by atoms with Gasteiger partial charge in [0.1, 0.15) is 5.76 Å². The molecular weight excluding hydrogens is 276 g/mol. The lowest BCUT2D eigenvalue weighted by Gasteiger charge is -2.26. The zero-order valence-electron chi connectivity index (χ0n) is 12.1. The van der Waals surface area contributed by atoms with Crippen LogP contribution in [-0.4, -0.2) is 16.6 Å². The van der Waals surface area contributed by atoms with Gasteiger partial charge < -0.3 is 15.3 Å². The highest BCUT2D eigenvalue weighted by molar-refractivity contribution is 5.41. The van der Waals surface area contributed by atoms with Gasteiger partial charge in [-0.3, -0.25) is 0 Å². The minimum atomic E-state index is -1.42. The van der Waals surface area contributed by atoms with Gasteiger partial charge in [0.25, 0.3) is 0 Å². The Kier molecular flexibility index (Phi) is 4.04. The molecule has 0 amide bonds. The van der Waals surface area contributed by atoms with E-state index in [4.69, 9.17) is 10.2 Å². The molecule has 0 aliphatic heterocycles. The number of benzene rings is 2. The van der Waals surface area contributed by atoms with Crippen molar-refractivity contribution in [2.75, 3.05) is 6.54 Å². The summed E-state index contributed by atoms with van der Waals surface area (Å²) in [6.45, 7) is 0.476. The number of nitrogens with two attached hydrogens (primary N) is 1. The largest absolute Gasteiger partial charge is 0.442 e. The van der Waals surface area contributed by atoms with E-state index in [2.05, 4.69) is 4.98 Å². The maximum atomic E-state index is 11.4. The second-order valence-corrected chi connectivity index (χ2v) is 5.11. The first kappa shape index (κ1) is 14.5. The summed E-state index contributed by atoms with van der Waals surface area (Å²) in [5.41, 5.74) is 5.55. The van der Waals surface area contributed by atoms with Crippen molar-refractivity contribution in [2.24, 2.45) is 5.73 Å². The maximum Gasteiger partial charge on any atom is 0.235 e. The van der Waals surface area contributed by atoms with Crippen LogP contribution in [-0.2, 0) is 12.0 Å². The Morgan fingerprint density at radius 2 is 1.50 bits per heavy atom. The highest BCUT2D eigenvalue weighted by Gasteiger charge is 2.38. The fraction of sp³-hybridized carbons (Fsp3) is 0.167. The Bertz CT molecular complexity index is 684. The molecule has 2 aromatic carbocycles. The molecule has 22 heavy (non-hydrogen) atoms. The molecule has 0 unspecified atom stereocenters. The predicted molar refractivity (Wildman–Crippen MR) is 84.2 cm³/mol. The summed E-state index contributed by atoms with van der Waals surface area (Å²) >= 11 is 0. The zero-order chi connectivity index (χ0) is 15.4. The molecule has 112 valence electrons. The summed E-state index contributed by atoms with van der Waals surface area (Å²) < 4.78 is 5.76. The molecule has 0 atom stereocenters. The van der Waals surface area contributed by atoms with Crippen LogP contribution < -0.4 is 5.73 Å². The smallest absolute Gasteiger partial charge is 0.235 e. The van der Waals surface area contributed by atoms with E-state index in [0.29, 0.717) is 29.9 Å². The fourth-order valence-corrected chi connectivity index (χ4v) is 2.50. The maximum absolute atomic E-state index is 11.4. The molecule has 4 nitrogen and oxygen atoms in total. The molecule has 3 N–H and O–H groups in total. The van der Waals surface area contributed by atoms with Gasteiger partial charge in [0.05, 0.1) is 6.20 Å². The van der Waals surface area contributed by atoms with E-state index in [0.717, 1.165) is 0 Å². The first-order chi connectivity index (χ1) is 10.7. The number of hydrogen-bond donors (Lipinski definition) is 2. The molecule has 0 bridgehead atoms. The van der Waals surface area contributed by atoms with Gasteiger partial charge in [-0.1, -0.05) is 60.7 Å². The number of rotatable bonds is 5. The third-order valence-corrected chi connectivity index (χ3v) is 3.64. The van der Waals surface area contributed by atoms with Crippen molar-refractivity contribution < 1.29 is 9.52 Å². The molecule has 3 aromatic rings. The van der Waals surface area contributed by atoms with Gasteiger partial charge in [-0.2, -0.15) is 0 Å². The van der Waals surface area contributed by atoms with Crippen LogP contribution in [0.15, 0.2) is 71.3 Å². The van der Waals surface area contributed by atoms with Crippen LogP contribution in [0.4, 0.5) is 0 Å². The molecular formula is C18H18N2O2. The van der Waals surface area contributed by atoms with Crippen LogP contribution in [0.25, 0.3) is 0 Å². The molecule has 4 heteroatoms. The Balaban J connectivity index is 2.14. The van der Waals surface area contributed by atoms with E-state index in [-0.39, 0.29) is 5.89 Å². The van der Waals surface area contributed by atoms with Crippen molar-refractivity contribution in [3.05, 3.63) is 89.6 Å². The molecule has 0 aliphatic carbocycles. The SMILES string of the molecule is NCCc1cnc(C(O)(c2ccccc2)c2ccccc2)o1. The molecule has 3 rings (SSSR count). The van der Waals surface area contributed by atoms with Gasteiger partial charge in [0.15, 0.2) is 5.60 Å². The average molecular weight is 294 g/mol. The summed E-state index contributed by atoms with van der Waals surface area (Å²) in [6, 6.07) is 18.8. The lowest BCUT2D eigenvalue weighted by atomic mass is 9.86. The molecule has 0 spiro atoms. The van der Waals surface area contributed by atoms with Crippen molar-refractivity contribution in [1.29, 1.82) is 0 Å². The van der Waals surface area contributed by atoms with Crippen molar-refractivity contribution >= 4 is 0 Å². The molecule has 0 fully saturated rings. The quantitative estimate of drug-likeness (QED) is 0.758. The van der Waals surface area contributed by atoms with E-state index < -0.39 is 5.60 Å². The molecule has 0 saturated heterocycles. The summed E-state index contributed by atoms with van der Waals surface area (Å²) in [6.07, 6.45) is 2.21. The van der Waals surface area contributed by atoms with Crippen LogP contribution in [0.2, 0.25) is 0 Å². The number of hydrogen-bond acceptors (Lipinski definition) is 4. The topological polar surface area (TPSA) is 72.3 Å². The Morgan fingerprint density at radius 3 is 2.00 bits per heavy atom. The van der Waals surface area contributed by atoms with Gasteiger partial charge in [-0.15, -0.1) is 0 Å². The molecule has 0 aliphatic rings. The Labute approximate surface area is 129 Å². The molecule has 1 heterocycles. The lowest BCUT2D eigenvalue weighted by Crippen LogP contribution is -2.29. The molecule has 1 aromatic heterocycles. The standard InChI is InChI=1S/C18H18N2O2/c19-12-11-16-13-20-17(22-16)18(21,14-7-3-1-4-8-14)15-9-5-2-6-10-15/h1-10,13,21H,11-12,19H2. The van der Waals surface area contributed by atoms with E-state index in [1.165, 1.54) is 0 Å². The molecule has 0 saturated carbocycles. The van der Waals surface area contributed by atoms with E-state index in [1.54, 1.807) is 6.20 Å². The fourth-order valence-electron chi connectivity index (χ4n) is 2.50. The second kappa shape index (κ2) is 6.13. The van der Waals surface area contributed by atoms with Gasteiger partial charge in [-0.25, -0.2) is 4.98 Å². The normalized spacial score (nSPS) is 11.5. The Hall–Kier alpha value is -2.43. The van der Waals surface area contributed by atoms with Crippen LogP contribution in [0, 0.1) is 0 Å².